The number of amides is 1. The van der Waals surface area contributed by atoms with Gasteiger partial charge in [0.2, 0.25) is 5.91 Å². The van der Waals surface area contributed by atoms with Crippen molar-refractivity contribution in [3.05, 3.63) is 12.2 Å². The number of hydrogen-bond acceptors (Lipinski definition) is 19. The van der Waals surface area contributed by atoms with E-state index in [0.29, 0.717) is 5.06 Å². The van der Waals surface area contributed by atoms with Gasteiger partial charge in [-0.3, -0.25) is 10.0 Å². The van der Waals surface area contributed by atoms with Crippen LogP contribution < -0.4 is 34.4 Å². The summed E-state index contributed by atoms with van der Waals surface area (Å²) in [4.78, 5) is 12.7. The molecule has 20 nitrogen and oxygen atoms in total. The summed E-state index contributed by atoms with van der Waals surface area (Å²) < 4.78 is 35.4. The first-order valence-electron chi connectivity index (χ1n) is 15.6. The molecule has 0 aromatic carbocycles. The summed E-state index contributed by atoms with van der Waals surface area (Å²) in [5.41, 5.74) is 35.6. The van der Waals surface area contributed by atoms with E-state index in [1.165, 1.54) is 0 Å². The van der Waals surface area contributed by atoms with E-state index >= 15 is 0 Å². The number of rotatable bonds is 13. The Morgan fingerprint density at radius 3 is 2.09 bits per heavy atom. The van der Waals surface area contributed by atoms with Crippen LogP contribution in [-0.2, 0) is 33.2 Å². The van der Waals surface area contributed by atoms with E-state index < -0.39 is 116 Å². The van der Waals surface area contributed by atoms with Gasteiger partial charge in [-0.2, -0.15) is 0 Å². The Morgan fingerprint density at radius 2 is 1.45 bits per heavy atom. The maximum absolute atomic E-state index is 12.7. The molecule has 0 spiro atoms. The minimum absolute atomic E-state index is 0.00585. The molecule has 47 heavy (non-hydrogen) atoms. The summed E-state index contributed by atoms with van der Waals surface area (Å²) >= 11 is 0. The van der Waals surface area contributed by atoms with Crippen molar-refractivity contribution < 1.29 is 64.0 Å². The highest BCUT2D eigenvalue weighted by atomic mass is 16.8. The molecule has 18 N–H and O–H groups in total. The third-order valence-corrected chi connectivity index (χ3v) is 8.93. The molecule has 0 unspecified atom stereocenters. The Bertz CT molecular complexity index is 1040. The Balaban J connectivity index is 1.55. The summed E-state index contributed by atoms with van der Waals surface area (Å²) in [7, 11) is 0. The number of carbonyl (C=O) groups is 1. The van der Waals surface area contributed by atoms with Crippen molar-refractivity contribution >= 4 is 5.91 Å². The van der Waals surface area contributed by atoms with E-state index in [1.54, 1.807) is 12.2 Å². The zero-order valence-electron chi connectivity index (χ0n) is 25.9. The molecule has 17 atom stereocenters. The average molecular weight is 682 g/mol. The van der Waals surface area contributed by atoms with Crippen LogP contribution in [0.2, 0.25) is 0 Å². The number of aliphatic hydroxyl groups excluding tert-OH is 5. The molecule has 3 fully saturated rings. The molecular formula is C27H51N7O13. The van der Waals surface area contributed by atoms with E-state index in [2.05, 4.69) is 0 Å². The highest BCUT2D eigenvalue weighted by molar-refractivity contribution is 5.75. The Morgan fingerprint density at radius 1 is 0.787 bits per heavy atom. The van der Waals surface area contributed by atoms with Crippen molar-refractivity contribution in [3.8, 4) is 0 Å². The minimum Gasteiger partial charge on any atom is -0.394 e. The number of aliphatic hydroxyl groups is 5. The number of hydroxylamine groups is 2. The predicted octanol–water partition coefficient (Wildman–Crippen LogP) is -7.21. The molecular weight excluding hydrogens is 630 g/mol. The summed E-state index contributed by atoms with van der Waals surface area (Å²) in [5, 5.41) is 64.0. The van der Waals surface area contributed by atoms with Gasteiger partial charge in [0, 0.05) is 32.1 Å². The third-order valence-electron chi connectivity index (χ3n) is 8.93. The van der Waals surface area contributed by atoms with Crippen molar-refractivity contribution in [2.24, 2.45) is 40.3 Å². The molecule has 3 heterocycles. The molecule has 1 saturated carbocycles. The van der Waals surface area contributed by atoms with Crippen LogP contribution in [0, 0.1) is 5.92 Å². The van der Waals surface area contributed by atoms with Gasteiger partial charge >= 0.3 is 0 Å². The first-order valence-corrected chi connectivity index (χ1v) is 15.6. The van der Waals surface area contributed by atoms with Gasteiger partial charge < -0.3 is 88.4 Å². The van der Waals surface area contributed by atoms with Gasteiger partial charge in [-0.15, -0.1) is 0 Å². The van der Waals surface area contributed by atoms with Crippen molar-refractivity contribution in [1.29, 1.82) is 0 Å². The van der Waals surface area contributed by atoms with Crippen molar-refractivity contribution in [2.75, 3.05) is 32.8 Å². The molecule has 1 amide bonds. The summed E-state index contributed by atoms with van der Waals surface area (Å²) in [5.74, 6) is -1.56. The smallest absolute Gasteiger partial charge is 0.246 e. The van der Waals surface area contributed by atoms with E-state index in [4.69, 9.17) is 62.8 Å². The number of carbonyl (C=O) groups excluding carboxylic acids is 1. The molecule has 272 valence electrons. The maximum Gasteiger partial charge on any atom is 0.246 e. The molecule has 4 rings (SSSR count). The molecule has 0 bridgehead atoms. The van der Waals surface area contributed by atoms with Crippen LogP contribution in [0.15, 0.2) is 12.2 Å². The lowest BCUT2D eigenvalue weighted by Gasteiger charge is -2.46. The zero-order valence-corrected chi connectivity index (χ0v) is 25.9. The molecule has 3 aliphatic heterocycles. The minimum atomic E-state index is -1.63. The highest BCUT2D eigenvalue weighted by Crippen LogP contribution is 2.36. The molecule has 0 radical (unpaired) electrons. The van der Waals surface area contributed by atoms with Crippen molar-refractivity contribution in [1.82, 2.24) is 5.06 Å². The van der Waals surface area contributed by atoms with Gasteiger partial charge in [-0.05, 0) is 12.3 Å². The fourth-order valence-electron chi connectivity index (χ4n) is 6.22. The molecule has 2 saturated heterocycles. The number of nitrogens with zero attached hydrogens (tertiary/aromatic N) is 1. The summed E-state index contributed by atoms with van der Waals surface area (Å²) in [6.45, 7) is -0.829. The topological polar surface area (TPSA) is 353 Å². The van der Waals surface area contributed by atoms with Crippen LogP contribution in [-0.4, -0.2) is 173 Å². The summed E-state index contributed by atoms with van der Waals surface area (Å²) in [6.07, 6.45) is -13.5. The molecule has 0 aromatic rings. The summed E-state index contributed by atoms with van der Waals surface area (Å²) in [6, 6.07) is -2.88. The maximum atomic E-state index is 12.7. The lowest BCUT2D eigenvalue weighted by molar-refractivity contribution is -0.286. The quantitative estimate of drug-likeness (QED) is 0.0488. The van der Waals surface area contributed by atoms with Gasteiger partial charge in [-0.1, -0.05) is 12.2 Å². The SMILES string of the molecule is NCCN(O)C(=O)C[C@@H]1C[C@H](N)[C@@H](O[C@H]2O[C@H](CN)C=C[C@H]2N)[C@H](O[C@@H]2O[C@H](CO)[C@@H](O[C@H]3O[C@@H](CN)[C@@H](O)[C@H](O)[C@H]3N)[C@H]2O)[C@H]1O. The van der Waals surface area contributed by atoms with Gasteiger partial charge in [0.15, 0.2) is 18.9 Å². The van der Waals surface area contributed by atoms with E-state index in [1.807, 2.05) is 0 Å². The van der Waals surface area contributed by atoms with E-state index in [9.17, 15) is 35.5 Å². The van der Waals surface area contributed by atoms with Crippen molar-refractivity contribution in [2.45, 2.75) is 111 Å². The van der Waals surface area contributed by atoms with Gasteiger partial charge in [-0.25, -0.2) is 5.06 Å². The third kappa shape index (κ3) is 8.63. The number of hydrogen-bond donors (Lipinski definition) is 12. The second-order valence-corrected chi connectivity index (χ2v) is 12.3. The lowest BCUT2D eigenvalue weighted by atomic mass is 9.77. The second kappa shape index (κ2) is 16.9. The van der Waals surface area contributed by atoms with Gasteiger partial charge in [0.05, 0.1) is 37.4 Å². The molecule has 0 aromatic heterocycles. The first-order chi connectivity index (χ1) is 22.3. The van der Waals surface area contributed by atoms with Crippen LogP contribution in [0.3, 0.4) is 0 Å². The predicted molar refractivity (Wildman–Crippen MR) is 158 cm³/mol. The largest absolute Gasteiger partial charge is 0.394 e. The van der Waals surface area contributed by atoms with Crippen molar-refractivity contribution in [3.63, 3.8) is 0 Å². The first kappa shape index (κ1) is 38.3. The average Bonchev–Trinajstić information content (AvgIpc) is 3.35. The molecule has 4 aliphatic rings. The van der Waals surface area contributed by atoms with Crippen LogP contribution in [0.1, 0.15) is 12.8 Å². The van der Waals surface area contributed by atoms with Crippen LogP contribution in [0.25, 0.3) is 0 Å². The fourth-order valence-corrected chi connectivity index (χ4v) is 6.22. The Kier molecular flexibility index (Phi) is 13.8. The molecule has 1 aliphatic carbocycles. The monoisotopic (exact) mass is 681 g/mol. The molecule has 20 heteroatoms. The van der Waals surface area contributed by atoms with Crippen LogP contribution >= 0.6 is 0 Å². The highest BCUT2D eigenvalue weighted by Gasteiger charge is 2.54. The number of ether oxygens (including phenoxy) is 6. The number of nitrogens with two attached hydrogens (primary N) is 6. The van der Waals surface area contributed by atoms with Crippen LogP contribution in [0.4, 0.5) is 0 Å². The van der Waals surface area contributed by atoms with Crippen LogP contribution in [0.5, 0.6) is 0 Å². The zero-order chi connectivity index (χ0) is 34.6. The van der Waals surface area contributed by atoms with E-state index in [-0.39, 0.29) is 39.0 Å². The van der Waals surface area contributed by atoms with Gasteiger partial charge in [0.25, 0.3) is 0 Å². The Labute approximate surface area is 271 Å². The van der Waals surface area contributed by atoms with E-state index in [0.717, 1.165) is 0 Å². The second-order valence-electron chi connectivity index (χ2n) is 12.3. The standard InChI is InChI=1S/C27H51N7O13/c28-3-4-34(41)16(36)6-10-5-13(32)22(45-25-12(31)2-1-11(7-29)42-25)24(18(10)37)47-27-21(40)23(15(9-35)44-27)46-26-17(33)20(39)19(38)14(8-30)43-26/h1-2,10-15,17-27,35,37-41H,3-9,28-33H2/t10-,11-,12+,13-,14-,15+,17+,18-,19+,20+,21+,22+,23+,24+,25+,26+,27-/m0/s1. The fraction of sp³-hybridized carbons (Fsp3) is 0.889. The lowest BCUT2D eigenvalue weighted by Crippen LogP contribution is -2.64. The Hall–Kier alpha value is -1.51. The normalized spacial score (nSPS) is 45.7. The van der Waals surface area contributed by atoms with Gasteiger partial charge in [0.1, 0.15) is 48.8 Å².